The van der Waals surface area contributed by atoms with Gasteiger partial charge in [0, 0.05) is 24.8 Å². The van der Waals surface area contributed by atoms with Crippen LogP contribution in [0.4, 0.5) is 0 Å². The number of aromatic carboxylic acids is 4. The molecule has 0 aromatic carbocycles. The summed E-state index contributed by atoms with van der Waals surface area (Å²) in [7, 11) is 0. The van der Waals surface area contributed by atoms with Crippen molar-refractivity contribution >= 4 is 23.9 Å². The summed E-state index contributed by atoms with van der Waals surface area (Å²) in [5, 5.41) is 35.4. The van der Waals surface area contributed by atoms with Crippen LogP contribution in [0.1, 0.15) is 41.4 Å². The number of aromatic nitrogens is 4. The number of rotatable bonds is 6. The van der Waals surface area contributed by atoms with E-state index in [-0.39, 0.29) is 41.7 Å². The van der Waals surface area contributed by atoms with Crippen molar-refractivity contribution in [2.45, 2.75) is 0 Å². The summed E-state index contributed by atoms with van der Waals surface area (Å²) in [4.78, 5) is 59.2. The predicted octanol–water partition coefficient (Wildman–Crippen LogP) is 2.54. The Hall–Kier alpha value is -4.90. The van der Waals surface area contributed by atoms with Crippen molar-refractivity contribution in [2.24, 2.45) is 0 Å². The zero-order valence-electron chi connectivity index (χ0n) is 18.5. The molecule has 0 aliphatic carbocycles. The van der Waals surface area contributed by atoms with Gasteiger partial charge < -0.3 is 20.4 Å². The van der Waals surface area contributed by atoms with E-state index in [0.29, 0.717) is 22.8 Å². The third-order valence-corrected chi connectivity index (χ3v) is 4.55. The summed E-state index contributed by atoms with van der Waals surface area (Å²) in [5.41, 5.74) is 1.56. The Balaban J connectivity index is 0.000000253. The van der Waals surface area contributed by atoms with Crippen molar-refractivity contribution in [3.63, 3.8) is 0 Å². The second kappa shape index (κ2) is 12.7. The van der Waals surface area contributed by atoms with Crippen molar-refractivity contribution in [1.82, 2.24) is 19.9 Å². The van der Waals surface area contributed by atoms with E-state index < -0.39 is 23.9 Å². The number of pyridine rings is 4. The summed E-state index contributed by atoms with van der Waals surface area (Å²) in [6.45, 7) is 0. The number of hydrogen-bond acceptors (Lipinski definition) is 8. The normalized spacial score (nSPS) is 9.73. The second-order valence-corrected chi connectivity index (χ2v) is 6.94. The van der Waals surface area contributed by atoms with Crippen LogP contribution in [0, 0.1) is 0 Å². The Bertz CT molecular complexity index is 1260. The third-order valence-electron chi connectivity index (χ3n) is 4.55. The van der Waals surface area contributed by atoms with Crippen LogP contribution in [0.2, 0.25) is 0 Å². The molecule has 12 nitrogen and oxygen atoms in total. The van der Waals surface area contributed by atoms with E-state index in [2.05, 4.69) is 19.9 Å². The molecule has 37 heavy (non-hydrogen) atoms. The van der Waals surface area contributed by atoms with Crippen LogP contribution in [0.3, 0.4) is 0 Å². The standard InChI is InChI=1S/2C12H8N2O4.Ru.2H/c2*15-11(16)7-1-3-13-9(5-7)10-6-8(12(17)18)2-4-14-10;;;/h2*1-6H,(H,15,16)(H,17,18);;;. The van der Waals surface area contributed by atoms with E-state index in [1.807, 2.05) is 0 Å². The fourth-order valence-corrected chi connectivity index (χ4v) is 2.81. The first kappa shape index (κ1) is 28.3. The van der Waals surface area contributed by atoms with E-state index in [9.17, 15) is 19.2 Å². The van der Waals surface area contributed by atoms with Gasteiger partial charge in [-0.2, -0.15) is 0 Å². The van der Waals surface area contributed by atoms with Crippen LogP contribution < -0.4 is 0 Å². The Morgan fingerprint density at radius 2 is 0.622 bits per heavy atom. The number of carboxylic acids is 4. The molecule has 0 saturated carbocycles. The van der Waals surface area contributed by atoms with Crippen molar-refractivity contribution in [2.75, 3.05) is 0 Å². The molecule has 4 rings (SSSR count). The quantitative estimate of drug-likeness (QED) is 0.239. The number of carbonyl (C=O) groups is 4. The molecule has 0 amide bonds. The first-order valence-corrected chi connectivity index (χ1v) is 9.94. The summed E-state index contributed by atoms with van der Waals surface area (Å²) >= 11 is 0. The van der Waals surface area contributed by atoms with Gasteiger partial charge in [-0.05, 0) is 48.5 Å². The summed E-state index contributed by atoms with van der Waals surface area (Å²) in [6.07, 6.45) is 5.36. The minimum absolute atomic E-state index is 0. The predicted molar refractivity (Wildman–Crippen MR) is 126 cm³/mol. The van der Waals surface area contributed by atoms with Gasteiger partial charge in [-0.15, -0.1) is 0 Å². The number of carboxylic acid groups (broad SMARTS) is 4. The zero-order valence-corrected chi connectivity index (χ0v) is 20.6. The molecular weight excluding hydrogens is 573 g/mol. The third kappa shape index (κ3) is 7.54. The Morgan fingerprint density at radius 1 is 0.432 bits per heavy atom. The Morgan fingerprint density at radius 3 is 0.784 bits per heavy atom. The SMILES string of the molecule is O=C(O)c1ccnc(-c2cc(C(=O)O)ccn2)c1.O=C(O)c1ccnc(-c2cc(C(=O)O)ccn2)c1.[RuH2]. The first-order chi connectivity index (χ1) is 17.2. The van der Waals surface area contributed by atoms with Crippen molar-refractivity contribution in [3.8, 4) is 22.8 Å². The average Bonchev–Trinajstić information content (AvgIpc) is 2.89. The maximum atomic E-state index is 10.8. The van der Waals surface area contributed by atoms with Crippen LogP contribution in [0.5, 0.6) is 0 Å². The molecule has 0 unspecified atom stereocenters. The average molecular weight is 591 g/mol. The van der Waals surface area contributed by atoms with E-state index in [4.69, 9.17) is 20.4 Å². The van der Waals surface area contributed by atoms with Crippen LogP contribution in [0.15, 0.2) is 73.3 Å². The number of nitrogens with zero attached hydrogens (tertiary/aromatic N) is 4. The van der Waals surface area contributed by atoms with Gasteiger partial charge in [0.1, 0.15) is 0 Å². The van der Waals surface area contributed by atoms with E-state index in [1.54, 1.807) is 0 Å². The van der Waals surface area contributed by atoms with Gasteiger partial charge in [0.2, 0.25) is 0 Å². The van der Waals surface area contributed by atoms with Crippen LogP contribution >= 0.6 is 0 Å². The van der Waals surface area contributed by atoms with Gasteiger partial charge in [-0.3, -0.25) is 19.9 Å². The maximum absolute atomic E-state index is 10.8. The topological polar surface area (TPSA) is 201 Å². The van der Waals surface area contributed by atoms with Gasteiger partial charge >= 0.3 is 43.4 Å². The summed E-state index contributed by atoms with van der Waals surface area (Å²) in [5.74, 6) is -4.30. The molecule has 0 fully saturated rings. The molecular formula is C24H18N4O8Ru. The molecule has 4 aromatic heterocycles. The molecule has 0 aliphatic heterocycles. The molecule has 0 bridgehead atoms. The summed E-state index contributed by atoms with van der Waals surface area (Å²) in [6, 6.07) is 10.8. The molecule has 0 spiro atoms. The van der Waals surface area contributed by atoms with Crippen LogP contribution in [-0.2, 0) is 19.5 Å². The van der Waals surface area contributed by atoms with Gasteiger partial charge in [-0.25, -0.2) is 19.2 Å². The molecule has 13 heteroatoms. The monoisotopic (exact) mass is 592 g/mol. The molecule has 0 atom stereocenters. The first-order valence-electron chi connectivity index (χ1n) is 9.94. The van der Waals surface area contributed by atoms with Gasteiger partial charge in [0.15, 0.2) is 0 Å². The molecule has 190 valence electrons. The molecule has 0 saturated heterocycles. The Labute approximate surface area is 221 Å². The fourth-order valence-electron chi connectivity index (χ4n) is 2.81. The van der Waals surface area contributed by atoms with Crippen molar-refractivity contribution in [1.29, 1.82) is 0 Å². The van der Waals surface area contributed by atoms with Crippen molar-refractivity contribution < 1.29 is 59.1 Å². The fraction of sp³-hybridized carbons (Fsp3) is 0. The summed E-state index contributed by atoms with van der Waals surface area (Å²) < 4.78 is 0. The van der Waals surface area contributed by atoms with E-state index in [1.165, 1.54) is 73.3 Å². The molecule has 0 radical (unpaired) electrons. The van der Waals surface area contributed by atoms with Crippen LogP contribution in [0.25, 0.3) is 22.8 Å². The minimum atomic E-state index is -1.08. The Kier molecular flexibility index (Phi) is 9.73. The zero-order chi connectivity index (χ0) is 26.2. The number of hydrogen-bond donors (Lipinski definition) is 4. The molecule has 4 heterocycles. The van der Waals surface area contributed by atoms with Crippen molar-refractivity contribution in [3.05, 3.63) is 95.6 Å². The molecule has 4 N–H and O–H groups in total. The molecule has 0 aliphatic rings. The van der Waals surface area contributed by atoms with E-state index in [0.717, 1.165) is 0 Å². The van der Waals surface area contributed by atoms with Gasteiger partial charge in [0.05, 0.1) is 45.0 Å². The second-order valence-electron chi connectivity index (χ2n) is 6.94. The van der Waals surface area contributed by atoms with Gasteiger partial charge in [0.25, 0.3) is 0 Å². The molecule has 4 aromatic rings. The van der Waals surface area contributed by atoms with Crippen LogP contribution in [-0.4, -0.2) is 64.2 Å². The van der Waals surface area contributed by atoms with E-state index >= 15 is 0 Å². The van der Waals surface area contributed by atoms with Gasteiger partial charge in [-0.1, -0.05) is 0 Å².